The van der Waals surface area contributed by atoms with Crippen LogP contribution in [-0.4, -0.2) is 16.5 Å². The lowest BCUT2D eigenvalue weighted by Crippen LogP contribution is -2.22. The van der Waals surface area contributed by atoms with Crippen LogP contribution in [0.4, 0.5) is 4.39 Å². The first kappa shape index (κ1) is 20.5. The van der Waals surface area contributed by atoms with Gasteiger partial charge in [0.15, 0.2) is 16.5 Å². The largest absolute Gasteiger partial charge is 0.493 e. The number of benzene rings is 3. The highest BCUT2D eigenvalue weighted by Gasteiger charge is 2.14. The Morgan fingerprint density at radius 1 is 1.16 bits per heavy atom. The molecule has 0 radical (unpaired) electrons. The number of imidazole rings is 1. The van der Waals surface area contributed by atoms with Crippen molar-refractivity contribution in [3.8, 4) is 11.5 Å². The van der Waals surface area contributed by atoms with Gasteiger partial charge in [0.1, 0.15) is 12.4 Å². The van der Waals surface area contributed by atoms with E-state index in [-0.39, 0.29) is 18.0 Å². The summed E-state index contributed by atoms with van der Waals surface area (Å²) in [5, 5.41) is 0.325. The molecule has 5 nitrogen and oxygen atoms in total. The Labute approximate surface area is 190 Å². The molecule has 0 saturated heterocycles. The van der Waals surface area contributed by atoms with E-state index in [1.165, 1.54) is 30.6 Å². The lowest BCUT2D eigenvalue weighted by Gasteiger charge is -2.13. The summed E-state index contributed by atoms with van der Waals surface area (Å²) in [6.45, 7) is 0.136. The summed E-state index contributed by atoms with van der Waals surface area (Å²) in [6, 6.07) is 17.1. The highest BCUT2D eigenvalue weighted by atomic mass is 35.5. The minimum Gasteiger partial charge on any atom is -0.493 e. The fourth-order valence-corrected chi connectivity index (χ4v) is 4.77. The van der Waals surface area contributed by atoms with Gasteiger partial charge in [-0.2, -0.15) is 0 Å². The van der Waals surface area contributed by atoms with Crippen LogP contribution in [0, 0.1) is 5.82 Å². The van der Waals surface area contributed by atoms with Crippen LogP contribution in [0.5, 0.6) is 11.5 Å². The number of nitrogens with zero attached hydrogens (tertiary/aromatic N) is 2. The third kappa shape index (κ3) is 3.70. The van der Waals surface area contributed by atoms with Crippen LogP contribution >= 0.6 is 22.9 Å². The van der Waals surface area contributed by atoms with Gasteiger partial charge >= 0.3 is 0 Å². The highest BCUT2D eigenvalue weighted by Crippen LogP contribution is 2.37. The minimum atomic E-state index is -0.336. The van der Waals surface area contributed by atoms with Crippen molar-refractivity contribution in [2.45, 2.75) is 6.61 Å². The van der Waals surface area contributed by atoms with Gasteiger partial charge in [0, 0.05) is 0 Å². The average molecular weight is 467 g/mol. The number of fused-ring (bicyclic) bond motifs is 3. The molecule has 0 spiro atoms. The van der Waals surface area contributed by atoms with Gasteiger partial charge in [0.2, 0.25) is 0 Å². The second kappa shape index (κ2) is 8.26. The van der Waals surface area contributed by atoms with Gasteiger partial charge in [0.05, 0.1) is 27.7 Å². The summed E-state index contributed by atoms with van der Waals surface area (Å²) in [5.74, 6) is 0.432. The second-order valence-electron chi connectivity index (χ2n) is 7.09. The van der Waals surface area contributed by atoms with Gasteiger partial charge in [-0.3, -0.25) is 4.79 Å². The summed E-state index contributed by atoms with van der Waals surface area (Å²) >= 11 is 7.77. The predicted octanol–water partition coefficient (Wildman–Crippen LogP) is 4.84. The summed E-state index contributed by atoms with van der Waals surface area (Å²) in [7, 11) is 1.51. The third-order valence-electron chi connectivity index (χ3n) is 4.97. The van der Waals surface area contributed by atoms with E-state index in [9.17, 15) is 9.18 Å². The molecule has 2 aromatic heterocycles. The zero-order valence-corrected chi connectivity index (χ0v) is 18.4. The van der Waals surface area contributed by atoms with Gasteiger partial charge in [-0.25, -0.2) is 13.8 Å². The van der Waals surface area contributed by atoms with E-state index < -0.39 is 0 Å². The molecule has 0 N–H and O–H groups in total. The molecule has 32 heavy (non-hydrogen) atoms. The smallest absolute Gasteiger partial charge is 0.274 e. The van der Waals surface area contributed by atoms with E-state index >= 15 is 0 Å². The molecular formula is C24H16ClFN2O3S. The third-order valence-corrected chi connectivity index (χ3v) is 6.22. The number of halogens is 2. The highest BCUT2D eigenvalue weighted by molar-refractivity contribution is 7.15. The Morgan fingerprint density at radius 3 is 2.81 bits per heavy atom. The zero-order valence-electron chi connectivity index (χ0n) is 16.8. The fraction of sp³-hybridized carbons (Fsp3) is 0.0833. The van der Waals surface area contributed by atoms with Crippen LogP contribution in [0.3, 0.4) is 0 Å². The number of rotatable bonds is 5. The van der Waals surface area contributed by atoms with Gasteiger partial charge < -0.3 is 9.47 Å². The fourth-order valence-electron chi connectivity index (χ4n) is 3.51. The molecule has 3 aromatic carbocycles. The number of methoxy groups -OCH3 is 1. The number of hydrogen-bond acceptors (Lipinski definition) is 5. The molecule has 0 saturated carbocycles. The summed E-state index contributed by atoms with van der Waals surface area (Å²) < 4.78 is 26.8. The number of ether oxygens (including phenoxy) is 2. The number of aromatic nitrogens is 2. The topological polar surface area (TPSA) is 52.8 Å². The van der Waals surface area contributed by atoms with Gasteiger partial charge in [0.25, 0.3) is 5.56 Å². The Hall–Kier alpha value is -3.42. The van der Waals surface area contributed by atoms with Gasteiger partial charge in [-0.15, -0.1) is 0 Å². The lowest BCUT2D eigenvalue weighted by molar-refractivity contribution is 0.284. The Balaban J connectivity index is 1.52. The molecule has 0 amide bonds. The maximum absolute atomic E-state index is 13.4. The van der Waals surface area contributed by atoms with Crippen molar-refractivity contribution >= 4 is 45.0 Å². The molecule has 0 aliphatic rings. The first-order valence-electron chi connectivity index (χ1n) is 9.70. The van der Waals surface area contributed by atoms with E-state index in [2.05, 4.69) is 4.98 Å². The van der Waals surface area contributed by atoms with Crippen LogP contribution in [0.2, 0.25) is 5.02 Å². The summed E-state index contributed by atoms with van der Waals surface area (Å²) in [4.78, 5) is 18.1. The van der Waals surface area contributed by atoms with Crippen LogP contribution < -0.4 is 19.6 Å². The number of para-hydroxylation sites is 2. The molecule has 8 heteroatoms. The van der Waals surface area contributed by atoms with Crippen molar-refractivity contribution in [2.75, 3.05) is 7.11 Å². The molecule has 5 rings (SSSR count). The van der Waals surface area contributed by atoms with Crippen LogP contribution in [0.1, 0.15) is 11.1 Å². The summed E-state index contributed by atoms with van der Waals surface area (Å²) in [6.07, 6.45) is 1.75. The predicted molar refractivity (Wildman–Crippen MR) is 124 cm³/mol. The lowest BCUT2D eigenvalue weighted by atomic mass is 10.2. The first-order valence-corrected chi connectivity index (χ1v) is 10.9. The van der Waals surface area contributed by atoms with Gasteiger partial charge in [-0.1, -0.05) is 47.2 Å². The van der Waals surface area contributed by atoms with Crippen molar-refractivity contribution in [3.63, 3.8) is 0 Å². The maximum atomic E-state index is 13.4. The molecule has 0 atom stereocenters. The van der Waals surface area contributed by atoms with E-state index in [1.807, 2.05) is 24.3 Å². The maximum Gasteiger partial charge on any atom is 0.274 e. The Kier molecular flexibility index (Phi) is 5.28. The first-order chi connectivity index (χ1) is 15.5. The van der Waals surface area contributed by atoms with Crippen molar-refractivity contribution < 1.29 is 13.9 Å². The molecule has 160 valence electrons. The Morgan fingerprint density at radius 2 is 2.00 bits per heavy atom. The second-order valence-corrected chi connectivity index (χ2v) is 8.50. The summed E-state index contributed by atoms with van der Waals surface area (Å²) in [5.41, 5.74) is 2.78. The average Bonchev–Trinajstić information content (AvgIpc) is 3.29. The number of hydrogen-bond donors (Lipinski definition) is 0. The number of thiazole rings is 1. The molecule has 0 aliphatic carbocycles. The molecule has 0 aliphatic heterocycles. The van der Waals surface area contributed by atoms with E-state index in [1.54, 1.807) is 34.7 Å². The Bertz CT molecular complexity index is 1580. The van der Waals surface area contributed by atoms with Crippen LogP contribution in [0.25, 0.3) is 22.1 Å². The monoisotopic (exact) mass is 466 g/mol. The normalized spacial score (nSPS) is 12.0. The molecule has 0 unspecified atom stereocenters. The van der Waals surface area contributed by atoms with Crippen molar-refractivity contribution in [2.24, 2.45) is 0 Å². The minimum absolute atomic E-state index is 0.136. The van der Waals surface area contributed by atoms with Gasteiger partial charge in [-0.05, 0) is 53.6 Å². The van der Waals surface area contributed by atoms with Crippen LogP contribution in [-0.2, 0) is 6.61 Å². The van der Waals surface area contributed by atoms with E-state index in [0.717, 1.165) is 11.0 Å². The molecule has 0 fully saturated rings. The van der Waals surface area contributed by atoms with E-state index in [4.69, 9.17) is 21.1 Å². The zero-order chi connectivity index (χ0) is 22.2. The van der Waals surface area contributed by atoms with Crippen molar-refractivity contribution in [3.05, 3.63) is 97.5 Å². The molecule has 0 bridgehead atoms. The molecular weight excluding hydrogens is 451 g/mol. The molecule has 2 heterocycles. The molecule has 5 aromatic rings. The van der Waals surface area contributed by atoms with Crippen molar-refractivity contribution in [1.82, 2.24) is 9.38 Å². The standard InChI is InChI=1S/C24H16ClFN2O3S/c1-30-20-11-15(10-17(25)22(20)31-13-14-5-4-6-16(26)9-14)12-21-23(29)28-19-8-3-2-7-18(19)27-24(28)32-21/h2-12H,13H2,1H3/b21-12-. The van der Waals surface area contributed by atoms with Crippen molar-refractivity contribution in [1.29, 1.82) is 0 Å². The van der Waals surface area contributed by atoms with Crippen LogP contribution in [0.15, 0.2) is 65.5 Å². The van der Waals surface area contributed by atoms with E-state index in [0.29, 0.717) is 37.1 Å². The SMILES string of the molecule is COc1cc(/C=c2\sc3nc4ccccc4n3c2=O)cc(Cl)c1OCc1cccc(F)c1. The quantitative estimate of drug-likeness (QED) is 0.372.